The molecular formula is C38H80Cl2N4O2. The number of unbranched alkanes of at least 4 members (excludes halogenated alkanes) is 21. The second kappa shape index (κ2) is 34.3. The molecule has 46 heavy (non-hydrogen) atoms. The molecule has 0 fully saturated rings. The summed E-state index contributed by atoms with van der Waals surface area (Å²) in [5.74, 6) is 0.382. The first kappa shape index (κ1) is 49.8. The molecule has 0 bridgehead atoms. The lowest BCUT2D eigenvalue weighted by Crippen LogP contribution is -3.00. The second-order valence-electron chi connectivity index (χ2n) is 15.1. The van der Waals surface area contributed by atoms with Gasteiger partial charge in [0.05, 0.1) is 41.3 Å². The molecule has 0 aromatic rings. The first-order valence-electron chi connectivity index (χ1n) is 19.3. The highest BCUT2D eigenvalue weighted by Crippen LogP contribution is 2.12. The van der Waals surface area contributed by atoms with E-state index in [9.17, 15) is 9.59 Å². The molecule has 0 aliphatic rings. The maximum atomic E-state index is 12.5. The van der Waals surface area contributed by atoms with Crippen molar-refractivity contribution in [1.29, 1.82) is 0 Å². The SMILES string of the molecule is CCCCCCCCCCCCNC(=O)C[N+](C)(C)CCCCCC[N+](C)(C)CC(=O)NCCCCCCCCCCCC.[Cl-].[Cl-]. The summed E-state index contributed by atoms with van der Waals surface area (Å²) < 4.78 is 1.51. The number of hydrogen-bond donors (Lipinski definition) is 2. The zero-order valence-corrected chi connectivity index (χ0v) is 33.2. The van der Waals surface area contributed by atoms with Gasteiger partial charge < -0.3 is 44.4 Å². The van der Waals surface area contributed by atoms with Crippen molar-refractivity contribution >= 4 is 11.8 Å². The number of amides is 2. The summed E-state index contributed by atoms with van der Waals surface area (Å²) >= 11 is 0. The van der Waals surface area contributed by atoms with Crippen LogP contribution in [-0.4, -0.2) is 88.2 Å². The van der Waals surface area contributed by atoms with Crippen LogP contribution in [0.2, 0.25) is 0 Å². The molecule has 0 aromatic heterocycles. The van der Waals surface area contributed by atoms with E-state index in [-0.39, 0.29) is 36.6 Å². The lowest BCUT2D eigenvalue weighted by molar-refractivity contribution is -0.883. The van der Waals surface area contributed by atoms with Crippen LogP contribution in [0, 0.1) is 0 Å². The fourth-order valence-corrected chi connectivity index (χ4v) is 6.16. The quantitative estimate of drug-likeness (QED) is 0.0821. The monoisotopic (exact) mass is 695 g/mol. The fourth-order valence-electron chi connectivity index (χ4n) is 6.16. The molecule has 0 aliphatic carbocycles. The molecule has 2 amide bonds. The molecule has 0 saturated carbocycles. The Morgan fingerprint density at radius 1 is 0.391 bits per heavy atom. The minimum atomic E-state index is 0. The molecule has 2 N–H and O–H groups in total. The van der Waals surface area contributed by atoms with E-state index in [1.165, 1.54) is 128 Å². The molecule has 8 heteroatoms. The molecule has 0 rings (SSSR count). The van der Waals surface area contributed by atoms with Crippen molar-refractivity contribution in [3.8, 4) is 0 Å². The molecule has 0 radical (unpaired) electrons. The summed E-state index contributed by atoms with van der Waals surface area (Å²) in [7, 11) is 8.70. The van der Waals surface area contributed by atoms with Gasteiger partial charge in [-0.2, -0.15) is 0 Å². The third kappa shape index (κ3) is 36.3. The molecule has 6 nitrogen and oxygen atoms in total. The average molecular weight is 696 g/mol. The Hall–Kier alpha value is -0.560. The van der Waals surface area contributed by atoms with Crippen molar-refractivity contribution in [2.75, 3.05) is 67.5 Å². The highest BCUT2D eigenvalue weighted by atomic mass is 35.5. The predicted molar refractivity (Wildman–Crippen MR) is 192 cm³/mol. The lowest BCUT2D eigenvalue weighted by atomic mass is 10.1. The van der Waals surface area contributed by atoms with Gasteiger partial charge in [-0.1, -0.05) is 129 Å². The normalized spacial score (nSPS) is 11.5. The third-order valence-electron chi connectivity index (χ3n) is 9.13. The van der Waals surface area contributed by atoms with Crippen LogP contribution in [0.3, 0.4) is 0 Å². The number of hydrogen-bond acceptors (Lipinski definition) is 2. The highest BCUT2D eigenvalue weighted by molar-refractivity contribution is 5.77. The minimum Gasteiger partial charge on any atom is -1.00 e. The van der Waals surface area contributed by atoms with Crippen molar-refractivity contribution < 1.29 is 43.4 Å². The van der Waals surface area contributed by atoms with E-state index in [1.54, 1.807) is 0 Å². The van der Waals surface area contributed by atoms with Gasteiger partial charge in [-0.25, -0.2) is 0 Å². The molecule has 0 unspecified atom stereocenters. The number of quaternary nitrogens is 2. The van der Waals surface area contributed by atoms with Crippen molar-refractivity contribution in [3.05, 3.63) is 0 Å². The minimum absolute atomic E-state index is 0. The first-order valence-corrected chi connectivity index (χ1v) is 19.3. The molecule has 0 aliphatic heterocycles. The Morgan fingerprint density at radius 2 is 0.630 bits per heavy atom. The number of halogens is 2. The Balaban J connectivity index is -0.00000924. The van der Waals surface area contributed by atoms with Crippen LogP contribution in [0.15, 0.2) is 0 Å². The van der Waals surface area contributed by atoms with E-state index < -0.39 is 0 Å². The standard InChI is InChI=1S/C38H78N4O2.2ClH/c1-7-9-11-13-15-17-19-21-23-27-31-39-37(43)35-41(3,4)33-29-25-26-30-34-42(5,6)36-38(44)40-32-28-24-22-20-18-16-14-12-10-8-2;;/h7-36H2,1-6H3;2*1H. The summed E-state index contributed by atoms with van der Waals surface area (Å²) in [6, 6.07) is 0. The third-order valence-corrected chi connectivity index (χ3v) is 9.13. The van der Waals surface area contributed by atoms with Crippen molar-refractivity contribution in [3.63, 3.8) is 0 Å². The highest BCUT2D eigenvalue weighted by Gasteiger charge is 2.21. The van der Waals surface area contributed by atoms with Crippen LogP contribution < -0.4 is 35.4 Å². The van der Waals surface area contributed by atoms with E-state index in [4.69, 9.17) is 0 Å². The predicted octanol–water partition coefficient (Wildman–Crippen LogP) is 2.78. The number of nitrogens with one attached hydrogen (secondary N) is 2. The first-order chi connectivity index (χ1) is 21.1. The molecular weight excluding hydrogens is 615 g/mol. The van der Waals surface area contributed by atoms with Gasteiger partial charge in [0, 0.05) is 13.1 Å². The van der Waals surface area contributed by atoms with Crippen LogP contribution in [0.5, 0.6) is 0 Å². The summed E-state index contributed by atoms with van der Waals surface area (Å²) in [5, 5.41) is 6.30. The molecule has 0 spiro atoms. The zero-order valence-electron chi connectivity index (χ0n) is 31.7. The van der Waals surface area contributed by atoms with Crippen molar-refractivity contribution in [2.45, 2.75) is 168 Å². The number of carbonyl (C=O) groups excluding carboxylic acids is 2. The molecule has 278 valence electrons. The van der Waals surface area contributed by atoms with E-state index in [0.29, 0.717) is 13.1 Å². The van der Waals surface area contributed by atoms with E-state index in [2.05, 4.69) is 52.7 Å². The van der Waals surface area contributed by atoms with E-state index in [0.717, 1.165) is 60.8 Å². The van der Waals surface area contributed by atoms with Gasteiger partial charge in [-0.3, -0.25) is 9.59 Å². The van der Waals surface area contributed by atoms with Crippen LogP contribution >= 0.6 is 0 Å². The summed E-state index contributed by atoms with van der Waals surface area (Å²) in [4.78, 5) is 24.9. The van der Waals surface area contributed by atoms with Crippen LogP contribution in [-0.2, 0) is 9.59 Å². The van der Waals surface area contributed by atoms with E-state index in [1.807, 2.05) is 0 Å². The lowest BCUT2D eigenvalue weighted by Gasteiger charge is -2.30. The largest absolute Gasteiger partial charge is 1.00 e. The van der Waals surface area contributed by atoms with Crippen LogP contribution in [0.4, 0.5) is 0 Å². The van der Waals surface area contributed by atoms with Crippen LogP contribution in [0.1, 0.15) is 168 Å². The summed E-state index contributed by atoms with van der Waals surface area (Å²) in [5.41, 5.74) is 0. The molecule has 0 heterocycles. The van der Waals surface area contributed by atoms with E-state index >= 15 is 0 Å². The van der Waals surface area contributed by atoms with Crippen LogP contribution in [0.25, 0.3) is 0 Å². The Kier molecular flexibility index (Phi) is 37.2. The number of likely N-dealkylation sites (N-methyl/N-ethyl adjacent to an activating group) is 2. The van der Waals surface area contributed by atoms with Crippen molar-refractivity contribution in [2.24, 2.45) is 0 Å². The second-order valence-corrected chi connectivity index (χ2v) is 15.1. The van der Waals surface area contributed by atoms with Gasteiger partial charge in [0.15, 0.2) is 13.1 Å². The molecule has 0 atom stereocenters. The Bertz CT molecular complexity index is 621. The number of carbonyl (C=O) groups is 2. The van der Waals surface area contributed by atoms with Gasteiger partial charge in [-0.05, 0) is 38.5 Å². The maximum absolute atomic E-state index is 12.5. The van der Waals surface area contributed by atoms with Gasteiger partial charge >= 0.3 is 0 Å². The topological polar surface area (TPSA) is 58.2 Å². The number of rotatable bonds is 33. The fraction of sp³-hybridized carbons (Fsp3) is 0.947. The summed E-state index contributed by atoms with van der Waals surface area (Å²) in [6.07, 6.45) is 31.1. The van der Waals surface area contributed by atoms with Gasteiger partial charge in [0.25, 0.3) is 11.8 Å². The molecule has 0 saturated heterocycles. The van der Waals surface area contributed by atoms with Gasteiger partial charge in [0.1, 0.15) is 0 Å². The Labute approximate surface area is 300 Å². The maximum Gasteiger partial charge on any atom is 0.275 e. The van der Waals surface area contributed by atoms with Gasteiger partial charge in [0.2, 0.25) is 0 Å². The number of nitrogens with zero attached hydrogens (tertiary/aromatic N) is 2. The average Bonchev–Trinajstić information content (AvgIpc) is 2.96. The smallest absolute Gasteiger partial charge is 0.275 e. The van der Waals surface area contributed by atoms with Crippen molar-refractivity contribution in [1.82, 2.24) is 10.6 Å². The zero-order chi connectivity index (χ0) is 32.8. The van der Waals surface area contributed by atoms with Gasteiger partial charge in [-0.15, -0.1) is 0 Å². The molecule has 0 aromatic carbocycles. The Morgan fingerprint density at radius 3 is 0.913 bits per heavy atom. The summed E-state index contributed by atoms with van der Waals surface area (Å²) in [6.45, 7) is 9.38.